The van der Waals surface area contributed by atoms with Crippen LogP contribution in [0.4, 0.5) is 0 Å². The Balaban J connectivity index is 1.82. The van der Waals surface area contributed by atoms with E-state index >= 15 is 0 Å². The minimum atomic E-state index is 0.411. The number of aromatic nitrogens is 2. The molecule has 15 heavy (non-hydrogen) atoms. The van der Waals surface area contributed by atoms with E-state index in [1.165, 1.54) is 25.7 Å². The van der Waals surface area contributed by atoms with Crippen LogP contribution in [0, 0.1) is 5.92 Å². The summed E-state index contributed by atoms with van der Waals surface area (Å²) in [5, 5.41) is 4.25. The van der Waals surface area contributed by atoms with Crippen molar-refractivity contribution in [3.05, 3.63) is 12.4 Å². The second-order valence-corrected chi connectivity index (χ2v) is 4.71. The van der Waals surface area contributed by atoms with Crippen molar-refractivity contribution < 1.29 is 4.74 Å². The number of nitrogens with zero attached hydrogens (tertiary/aromatic N) is 2. The molecule has 0 amide bonds. The zero-order valence-corrected chi connectivity index (χ0v) is 9.65. The predicted octanol–water partition coefficient (Wildman–Crippen LogP) is 3.03. The summed E-state index contributed by atoms with van der Waals surface area (Å²) in [5.74, 6) is 1.68. The van der Waals surface area contributed by atoms with Crippen molar-refractivity contribution in [3.63, 3.8) is 0 Å². The first-order chi connectivity index (χ1) is 7.25. The zero-order valence-electron chi connectivity index (χ0n) is 9.65. The lowest BCUT2D eigenvalue weighted by Crippen LogP contribution is -2.07. The minimum Gasteiger partial charge on any atom is -0.490 e. The lowest BCUT2D eigenvalue weighted by molar-refractivity contribution is 0.251. The van der Waals surface area contributed by atoms with Crippen molar-refractivity contribution in [1.29, 1.82) is 0 Å². The summed E-state index contributed by atoms with van der Waals surface area (Å²) in [6.45, 7) is 5.10. The van der Waals surface area contributed by atoms with Gasteiger partial charge in [-0.05, 0) is 32.6 Å². The summed E-state index contributed by atoms with van der Waals surface area (Å²) in [6, 6.07) is 0.411. The molecule has 0 radical (unpaired) electrons. The average Bonchev–Trinajstić information content (AvgIpc) is 2.86. The van der Waals surface area contributed by atoms with Crippen molar-refractivity contribution in [3.8, 4) is 5.75 Å². The first-order valence-corrected chi connectivity index (χ1v) is 5.92. The van der Waals surface area contributed by atoms with Crippen LogP contribution in [0.3, 0.4) is 0 Å². The zero-order chi connectivity index (χ0) is 10.7. The van der Waals surface area contributed by atoms with Gasteiger partial charge in [0.25, 0.3) is 0 Å². The topological polar surface area (TPSA) is 27.1 Å². The maximum absolute atomic E-state index is 5.74. The molecule has 1 aromatic heterocycles. The summed E-state index contributed by atoms with van der Waals surface area (Å²) < 4.78 is 7.67. The molecule has 0 aromatic carbocycles. The minimum absolute atomic E-state index is 0.411. The number of hydrogen-bond donors (Lipinski definition) is 0. The van der Waals surface area contributed by atoms with E-state index in [4.69, 9.17) is 4.74 Å². The first kappa shape index (κ1) is 10.5. The van der Waals surface area contributed by atoms with Gasteiger partial charge < -0.3 is 4.74 Å². The van der Waals surface area contributed by atoms with E-state index in [9.17, 15) is 0 Å². The maximum Gasteiger partial charge on any atom is 0.157 e. The third-order valence-corrected chi connectivity index (χ3v) is 3.07. The summed E-state index contributed by atoms with van der Waals surface area (Å²) in [6.07, 6.45) is 9.21. The van der Waals surface area contributed by atoms with Crippen LogP contribution in [-0.2, 0) is 0 Å². The van der Waals surface area contributed by atoms with E-state index in [0.717, 1.165) is 18.3 Å². The summed E-state index contributed by atoms with van der Waals surface area (Å²) >= 11 is 0. The molecule has 1 aromatic rings. The molecule has 0 unspecified atom stereocenters. The van der Waals surface area contributed by atoms with E-state index in [1.807, 2.05) is 17.1 Å². The van der Waals surface area contributed by atoms with Crippen LogP contribution in [0.5, 0.6) is 5.75 Å². The summed E-state index contributed by atoms with van der Waals surface area (Å²) in [5.41, 5.74) is 0. The Hall–Kier alpha value is -0.990. The molecular formula is C12H20N2O. The second kappa shape index (κ2) is 4.69. The van der Waals surface area contributed by atoms with E-state index in [0.29, 0.717) is 6.04 Å². The third-order valence-electron chi connectivity index (χ3n) is 3.07. The Bertz CT molecular complexity index is 300. The fraction of sp³-hybridized carbons (Fsp3) is 0.750. The highest BCUT2D eigenvalue weighted by molar-refractivity contribution is 5.12. The molecule has 84 valence electrons. The molecule has 0 spiro atoms. The molecule has 3 nitrogen and oxygen atoms in total. The van der Waals surface area contributed by atoms with Gasteiger partial charge in [-0.3, -0.25) is 4.68 Å². The Morgan fingerprint density at radius 2 is 2.20 bits per heavy atom. The quantitative estimate of drug-likeness (QED) is 0.760. The maximum atomic E-state index is 5.74. The number of rotatable bonds is 4. The van der Waals surface area contributed by atoms with Gasteiger partial charge in [0.1, 0.15) is 0 Å². The molecular weight excluding hydrogens is 188 g/mol. The standard InChI is InChI=1S/C12H20N2O/c1-10(2)14-8-12(7-13-14)15-9-11-5-3-4-6-11/h7-8,10-11H,3-6,9H2,1-2H3. The summed E-state index contributed by atoms with van der Waals surface area (Å²) in [4.78, 5) is 0. The van der Waals surface area contributed by atoms with Crippen molar-refractivity contribution in [2.24, 2.45) is 5.92 Å². The molecule has 2 rings (SSSR count). The van der Waals surface area contributed by atoms with Crippen LogP contribution >= 0.6 is 0 Å². The molecule has 1 saturated carbocycles. The van der Waals surface area contributed by atoms with Crippen LogP contribution in [0.15, 0.2) is 12.4 Å². The molecule has 1 fully saturated rings. The van der Waals surface area contributed by atoms with Crippen LogP contribution < -0.4 is 4.74 Å². The van der Waals surface area contributed by atoms with Gasteiger partial charge in [-0.1, -0.05) is 12.8 Å². The molecule has 0 bridgehead atoms. The highest BCUT2D eigenvalue weighted by Crippen LogP contribution is 2.25. The van der Waals surface area contributed by atoms with E-state index in [-0.39, 0.29) is 0 Å². The van der Waals surface area contributed by atoms with Gasteiger partial charge in [0.2, 0.25) is 0 Å². The van der Waals surface area contributed by atoms with Crippen molar-refractivity contribution in [1.82, 2.24) is 9.78 Å². The molecule has 0 N–H and O–H groups in total. The van der Waals surface area contributed by atoms with Crippen molar-refractivity contribution in [2.45, 2.75) is 45.6 Å². The average molecular weight is 208 g/mol. The Labute approximate surface area is 91.4 Å². The highest BCUT2D eigenvalue weighted by Gasteiger charge is 2.15. The fourth-order valence-electron chi connectivity index (χ4n) is 2.07. The third kappa shape index (κ3) is 2.74. The number of hydrogen-bond acceptors (Lipinski definition) is 2. The Morgan fingerprint density at radius 3 is 2.80 bits per heavy atom. The highest BCUT2D eigenvalue weighted by atomic mass is 16.5. The fourth-order valence-corrected chi connectivity index (χ4v) is 2.07. The lowest BCUT2D eigenvalue weighted by atomic mass is 10.1. The largest absolute Gasteiger partial charge is 0.490 e. The molecule has 0 atom stereocenters. The second-order valence-electron chi connectivity index (χ2n) is 4.71. The number of ether oxygens (including phenoxy) is 1. The molecule has 1 aliphatic rings. The predicted molar refractivity (Wildman–Crippen MR) is 60.1 cm³/mol. The van der Waals surface area contributed by atoms with E-state index in [2.05, 4.69) is 18.9 Å². The van der Waals surface area contributed by atoms with Crippen LogP contribution in [0.25, 0.3) is 0 Å². The monoisotopic (exact) mass is 208 g/mol. The Morgan fingerprint density at radius 1 is 1.47 bits per heavy atom. The first-order valence-electron chi connectivity index (χ1n) is 5.92. The van der Waals surface area contributed by atoms with Gasteiger partial charge in [0.05, 0.1) is 19.0 Å². The molecule has 0 aliphatic heterocycles. The van der Waals surface area contributed by atoms with Gasteiger partial charge in [0.15, 0.2) is 5.75 Å². The van der Waals surface area contributed by atoms with Crippen LogP contribution in [0.2, 0.25) is 0 Å². The van der Waals surface area contributed by atoms with Gasteiger partial charge >= 0.3 is 0 Å². The molecule has 3 heteroatoms. The molecule has 0 saturated heterocycles. The van der Waals surface area contributed by atoms with Gasteiger partial charge in [0, 0.05) is 6.04 Å². The normalized spacial score (nSPS) is 17.5. The summed E-state index contributed by atoms with van der Waals surface area (Å²) in [7, 11) is 0. The van der Waals surface area contributed by atoms with Gasteiger partial charge in [-0.15, -0.1) is 0 Å². The van der Waals surface area contributed by atoms with Gasteiger partial charge in [-0.2, -0.15) is 5.10 Å². The van der Waals surface area contributed by atoms with Gasteiger partial charge in [-0.25, -0.2) is 0 Å². The van der Waals surface area contributed by atoms with E-state index < -0.39 is 0 Å². The Kier molecular flexibility index (Phi) is 3.29. The van der Waals surface area contributed by atoms with Crippen LogP contribution in [-0.4, -0.2) is 16.4 Å². The SMILES string of the molecule is CC(C)n1cc(OCC2CCCC2)cn1. The van der Waals surface area contributed by atoms with Crippen LogP contribution in [0.1, 0.15) is 45.6 Å². The smallest absolute Gasteiger partial charge is 0.157 e. The van der Waals surface area contributed by atoms with Crippen molar-refractivity contribution in [2.75, 3.05) is 6.61 Å². The molecule has 1 aliphatic carbocycles. The van der Waals surface area contributed by atoms with E-state index in [1.54, 1.807) is 0 Å². The van der Waals surface area contributed by atoms with Crippen molar-refractivity contribution >= 4 is 0 Å². The lowest BCUT2D eigenvalue weighted by Gasteiger charge is -2.09. The molecule has 1 heterocycles.